The van der Waals surface area contributed by atoms with Crippen molar-refractivity contribution in [3.05, 3.63) is 59.2 Å². The average Bonchev–Trinajstić information content (AvgIpc) is 2.59. The van der Waals surface area contributed by atoms with E-state index in [-0.39, 0.29) is 5.75 Å². The third-order valence-corrected chi connectivity index (χ3v) is 3.76. The zero-order valence-electron chi connectivity index (χ0n) is 14.5. The summed E-state index contributed by atoms with van der Waals surface area (Å²) in [5.74, 6) is 1.31. The molecule has 24 heavy (non-hydrogen) atoms. The third kappa shape index (κ3) is 4.65. The van der Waals surface area contributed by atoms with Gasteiger partial charge in [-0.2, -0.15) is 0 Å². The van der Waals surface area contributed by atoms with E-state index in [0.717, 1.165) is 12.1 Å². The van der Waals surface area contributed by atoms with Crippen LogP contribution in [-0.4, -0.2) is 24.7 Å². The van der Waals surface area contributed by atoms with Crippen LogP contribution in [0.3, 0.4) is 0 Å². The zero-order valence-corrected chi connectivity index (χ0v) is 14.5. The SMILES string of the molecule is CCNC(=NCc1cccc(OC)c1O)NCc1ccccc1C. The Labute approximate surface area is 143 Å². The zero-order chi connectivity index (χ0) is 17.4. The number of methoxy groups -OCH3 is 1. The van der Waals surface area contributed by atoms with Crippen LogP contribution in [0.15, 0.2) is 47.5 Å². The Morgan fingerprint density at radius 2 is 1.83 bits per heavy atom. The van der Waals surface area contributed by atoms with E-state index in [2.05, 4.69) is 34.7 Å². The number of aliphatic imine (C=N–C) groups is 1. The van der Waals surface area contributed by atoms with Gasteiger partial charge in [-0.1, -0.05) is 36.4 Å². The Morgan fingerprint density at radius 3 is 2.54 bits per heavy atom. The molecule has 0 fully saturated rings. The van der Waals surface area contributed by atoms with Gasteiger partial charge in [0.05, 0.1) is 13.7 Å². The van der Waals surface area contributed by atoms with Crippen LogP contribution in [0.25, 0.3) is 0 Å². The number of hydrogen-bond acceptors (Lipinski definition) is 3. The first-order valence-electron chi connectivity index (χ1n) is 8.07. The molecule has 0 aliphatic carbocycles. The largest absolute Gasteiger partial charge is 0.504 e. The maximum absolute atomic E-state index is 10.1. The highest BCUT2D eigenvalue weighted by atomic mass is 16.5. The van der Waals surface area contributed by atoms with E-state index in [9.17, 15) is 5.11 Å². The molecule has 0 unspecified atom stereocenters. The maximum Gasteiger partial charge on any atom is 0.191 e. The lowest BCUT2D eigenvalue weighted by molar-refractivity contribution is 0.370. The smallest absolute Gasteiger partial charge is 0.191 e. The number of phenolic OH excluding ortho intramolecular Hbond substituents is 1. The van der Waals surface area contributed by atoms with Gasteiger partial charge in [-0.3, -0.25) is 0 Å². The highest BCUT2D eigenvalue weighted by Crippen LogP contribution is 2.29. The molecule has 5 heteroatoms. The fourth-order valence-electron chi connectivity index (χ4n) is 2.35. The van der Waals surface area contributed by atoms with Gasteiger partial charge in [0.1, 0.15) is 0 Å². The molecule has 2 rings (SSSR count). The van der Waals surface area contributed by atoms with Crippen molar-refractivity contribution in [2.24, 2.45) is 4.99 Å². The molecule has 0 aromatic heterocycles. The lowest BCUT2D eigenvalue weighted by atomic mass is 10.1. The highest BCUT2D eigenvalue weighted by Gasteiger charge is 2.07. The number of benzene rings is 2. The minimum Gasteiger partial charge on any atom is -0.504 e. The second-order valence-electron chi connectivity index (χ2n) is 5.44. The first-order chi connectivity index (χ1) is 11.7. The molecule has 0 saturated carbocycles. The van der Waals surface area contributed by atoms with Crippen LogP contribution in [-0.2, 0) is 13.1 Å². The van der Waals surface area contributed by atoms with Crippen LogP contribution >= 0.6 is 0 Å². The van der Waals surface area contributed by atoms with Gasteiger partial charge in [0.25, 0.3) is 0 Å². The number of ether oxygens (including phenoxy) is 1. The molecular formula is C19H25N3O2. The minimum atomic E-state index is 0.138. The Kier molecular flexibility index (Phi) is 6.49. The topological polar surface area (TPSA) is 65.9 Å². The van der Waals surface area contributed by atoms with Crippen LogP contribution in [0.1, 0.15) is 23.6 Å². The summed E-state index contributed by atoms with van der Waals surface area (Å²) in [6.45, 7) is 5.95. The third-order valence-electron chi connectivity index (χ3n) is 3.76. The average molecular weight is 327 g/mol. The Bertz CT molecular complexity index is 699. The van der Waals surface area contributed by atoms with E-state index in [1.165, 1.54) is 18.2 Å². The molecule has 5 nitrogen and oxygen atoms in total. The molecule has 0 aliphatic heterocycles. The van der Waals surface area contributed by atoms with E-state index < -0.39 is 0 Å². The molecule has 0 amide bonds. The fraction of sp³-hybridized carbons (Fsp3) is 0.316. The first kappa shape index (κ1) is 17.7. The van der Waals surface area contributed by atoms with Gasteiger partial charge in [-0.05, 0) is 31.0 Å². The number of rotatable bonds is 6. The van der Waals surface area contributed by atoms with E-state index in [1.54, 1.807) is 6.07 Å². The van der Waals surface area contributed by atoms with Crippen molar-refractivity contribution in [2.45, 2.75) is 26.9 Å². The summed E-state index contributed by atoms with van der Waals surface area (Å²) >= 11 is 0. The van der Waals surface area contributed by atoms with Gasteiger partial charge in [-0.15, -0.1) is 0 Å². The monoisotopic (exact) mass is 327 g/mol. The molecular weight excluding hydrogens is 302 g/mol. The Hall–Kier alpha value is -2.69. The van der Waals surface area contributed by atoms with E-state index in [0.29, 0.717) is 24.8 Å². The van der Waals surface area contributed by atoms with Gasteiger partial charge in [0.2, 0.25) is 0 Å². The number of nitrogens with zero attached hydrogens (tertiary/aromatic N) is 1. The number of para-hydroxylation sites is 1. The molecule has 0 spiro atoms. The summed E-state index contributed by atoms with van der Waals surface area (Å²) in [6.07, 6.45) is 0. The van der Waals surface area contributed by atoms with E-state index in [4.69, 9.17) is 4.74 Å². The molecule has 0 saturated heterocycles. The summed E-state index contributed by atoms with van der Waals surface area (Å²) in [6, 6.07) is 13.7. The summed E-state index contributed by atoms with van der Waals surface area (Å²) in [5, 5.41) is 16.7. The van der Waals surface area contributed by atoms with Crippen molar-refractivity contribution >= 4 is 5.96 Å². The van der Waals surface area contributed by atoms with Gasteiger partial charge in [0, 0.05) is 18.7 Å². The normalized spacial score (nSPS) is 11.2. The second kappa shape index (κ2) is 8.82. The number of aryl methyl sites for hydroxylation is 1. The lowest BCUT2D eigenvalue weighted by Crippen LogP contribution is -2.36. The fourth-order valence-corrected chi connectivity index (χ4v) is 2.35. The minimum absolute atomic E-state index is 0.138. The van der Waals surface area contributed by atoms with E-state index in [1.807, 2.05) is 31.2 Å². The van der Waals surface area contributed by atoms with Gasteiger partial charge in [-0.25, -0.2) is 4.99 Å². The maximum atomic E-state index is 10.1. The Balaban J connectivity index is 2.07. The second-order valence-corrected chi connectivity index (χ2v) is 5.44. The van der Waals surface area contributed by atoms with E-state index >= 15 is 0 Å². The molecule has 2 aromatic carbocycles. The van der Waals surface area contributed by atoms with Crippen LogP contribution < -0.4 is 15.4 Å². The van der Waals surface area contributed by atoms with Crippen molar-refractivity contribution in [3.8, 4) is 11.5 Å². The van der Waals surface area contributed by atoms with Crippen molar-refractivity contribution in [2.75, 3.05) is 13.7 Å². The predicted molar refractivity (Wildman–Crippen MR) is 97.5 cm³/mol. The van der Waals surface area contributed by atoms with Crippen LogP contribution in [0.4, 0.5) is 0 Å². The van der Waals surface area contributed by atoms with Gasteiger partial charge < -0.3 is 20.5 Å². The van der Waals surface area contributed by atoms with Crippen molar-refractivity contribution in [1.29, 1.82) is 0 Å². The van der Waals surface area contributed by atoms with Gasteiger partial charge in [0.15, 0.2) is 17.5 Å². The van der Waals surface area contributed by atoms with Crippen LogP contribution in [0, 0.1) is 6.92 Å². The summed E-state index contributed by atoms with van der Waals surface area (Å²) in [7, 11) is 1.54. The number of guanidine groups is 1. The molecule has 0 atom stereocenters. The molecule has 128 valence electrons. The molecule has 0 radical (unpaired) electrons. The summed E-state index contributed by atoms with van der Waals surface area (Å²) in [5.41, 5.74) is 3.20. The number of aromatic hydroxyl groups is 1. The van der Waals surface area contributed by atoms with Crippen molar-refractivity contribution in [1.82, 2.24) is 10.6 Å². The molecule has 0 bridgehead atoms. The van der Waals surface area contributed by atoms with Crippen LogP contribution in [0.5, 0.6) is 11.5 Å². The molecule has 0 aliphatic rings. The molecule has 0 heterocycles. The Morgan fingerprint density at radius 1 is 1.08 bits per heavy atom. The standard InChI is InChI=1S/C19H25N3O2/c1-4-20-19(21-12-15-9-6-5-8-14(15)2)22-13-16-10-7-11-17(24-3)18(16)23/h5-11,23H,4,12-13H2,1-3H3,(H2,20,21,22). The molecule has 2 aromatic rings. The van der Waals surface area contributed by atoms with Gasteiger partial charge >= 0.3 is 0 Å². The predicted octanol–water partition coefficient (Wildman–Crippen LogP) is 2.96. The summed E-state index contributed by atoms with van der Waals surface area (Å²) in [4.78, 5) is 4.54. The highest BCUT2D eigenvalue weighted by molar-refractivity contribution is 5.79. The molecule has 3 N–H and O–H groups in total. The van der Waals surface area contributed by atoms with Crippen molar-refractivity contribution in [3.63, 3.8) is 0 Å². The quantitative estimate of drug-likeness (QED) is 0.564. The van der Waals surface area contributed by atoms with Crippen LogP contribution in [0.2, 0.25) is 0 Å². The number of hydrogen-bond donors (Lipinski definition) is 3. The summed E-state index contributed by atoms with van der Waals surface area (Å²) < 4.78 is 5.13. The first-order valence-corrected chi connectivity index (χ1v) is 8.07. The lowest BCUT2D eigenvalue weighted by Gasteiger charge is -2.13. The number of phenols is 1. The number of nitrogens with one attached hydrogen (secondary N) is 2. The van der Waals surface area contributed by atoms with Crippen molar-refractivity contribution < 1.29 is 9.84 Å².